The smallest absolute Gasteiger partial charge is 0.202 e. The number of aryl methyl sites for hydroxylation is 1. The van der Waals surface area contributed by atoms with Crippen LogP contribution in [0.3, 0.4) is 0 Å². The van der Waals surface area contributed by atoms with Gasteiger partial charge in [0.1, 0.15) is 23.1 Å². The zero-order valence-electron chi connectivity index (χ0n) is 21.6. The highest BCUT2D eigenvalue weighted by Gasteiger charge is 2.33. The van der Waals surface area contributed by atoms with Crippen LogP contribution in [0.4, 0.5) is 4.39 Å². The first-order chi connectivity index (χ1) is 18.7. The lowest BCUT2D eigenvalue weighted by Gasteiger charge is -2.28. The van der Waals surface area contributed by atoms with Crippen LogP contribution < -0.4 is 19.8 Å². The van der Waals surface area contributed by atoms with Crippen LogP contribution >= 0.6 is 31.9 Å². The second-order valence-corrected chi connectivity index (χ2v) is 10.9. The number of fused-ring (bicyclic) bond motifs is 1. The van der Waals surface area contributed by atoms with Crippen LogP contribution in [0.5, 0.6) is 17.2 Å². The van der Waals surface area contributed by atoms with E-state index in [0.29, 0.717) is 47.0 Å². The monoisotopic (exact) mass is 657 g/mol. The van der Waals surface area contributed by atoms with Crippen molar-refractivity contribution in [2.75, 3.05) is 20.8 Å². The summed E-state index contributed by atoms with van der Waals surface area (Å²) in [5.74, 6) is 0.824. The van der Waals surface area contributed by atoms with Crippen LogP contribution in [0.2, 0.25) is 0 Å². The fourth-order valence-electron chi connectivity index (χ4n) is 4.80. The molecule has 39 heavy (non-hydrogen) atoms. The van der Waals surface area contributed by atoms with Gasteiger partial charge in [0.2, 0.25) is 5.62 Å². The predicted octanol–water partition coefficient (Wildman–Crippen LogP) is 6.14. The van der Waals surface area contributed by atoms with Crippen LogP contribution in [0.1, 0.15) is 21.5 Å². The molecule has 3 aromatic carbocycles. The van der Waals surface area contributed by atoms with Gasteiger partial charge in [-0.3, -0.25) is 10.2 Å². The van der Waals surface area contributed by atoms with Crippen molar-refractivity contribution in [1.29, 1.82) is 5.41 Å². The Labute approximate surface area is 241 Å². The van der Waals surface area contributed by atoms with Crippen LogP contribution in [-0.4, -0.2) is 35.7 Å². The van der Waals surface area contributed by atoms with Crippen LogP contribution in [0.15, 0.2) is 63.8 Å². The van der Waals surface area contributed by atoms with E-state index in [2.05, 4.69) is 31.9 Å². The molecule has 7 nitrogen and oxygen atoms in total. The first kappa shape index (κ1) is 27.2. The lowest BCUT2D eigenvalue weighted by atomic mass is 9.86. The molecular formula is C29H26Br2FN3O4. The molecule has 2 heterocycles. The molecule has 0 fully saturated rings. The molecule has 4 aromatic rings. The molecule has 0 saturated carbocycles. The Morgan fingerprint density at radius 1 is 1.03 bits per heavy atom. The minimum absolute atomic E-state index is 0.0498. The molecule has 1 aliphatic rings. The molecule has 0 saturated heterocycles. The molecule has 0 bridgehead atoms. The highest BCUT2D eigenvalue weighted by Crippen LogP contribution is 2.44. The first-order valence-electron chi connectivity index (χ1n) is 12.2. The van der Waals surface area contributed by atoms with Crippen molar-refractivity contribution in [1.82, 2.24) is 9.13 Å². The summed E-state index contributed by atoms with van der Waals surface area (Å²) in [6.07, 6.45) is 4.02. The van der Waals surface area contributed by atoms with Crippen LogP contribution in [0, 0.1) is 17.1 Å². The van der Waals surface area contributed by atoms with Crippen molar-refractivity contribution < 1.29 is 23.4 Å². The molecule has 0 radical (unpaired) electrons. The summed E-state index contributed by atoms with van der Waals surface area (Å²) in [5.41, 5.74) is 3.92. The third-order valence-electron chi connectivity index (χ3n) is 6.91. The number of hydrogen-bond donors (Lipinski definition) is 1. The number of rotatable bonds is 7. The topological polar surface area (TPSA) is 78.5 Å². The van der Waals surface area contributed by atoms with Gasteiger partial charge in [0.25, 0.3) is 0 Å². The maximum absolute atomic E-state index is 14.0. The van der Waals surface area contributed by atoms with E-state index < -0.39 is 5.92 Å². The maximum Gasteiger partial charge on any atom is 0.202 e. The number of benzene rings is 3. The van der Waals surface area contributed by atoms with Crippen molar-refractivity contribution in [2.45, 2.75) is 13.0 Å². The molecular weight excluding hydrogens is 633 g/mol. The van der Waals surface area contributed by atoms with E-state index in [1.807, 2.05) is 24.5 Å². The number of hydrogen-bond acceptors (Lipinski definition) is 5. The standard InChI is InChI=1S/C29H26Br2FN3O4/c1-34-8-9-35(29(34)33)14-16-10-20(17-4-6-19(32)7-5-17)28-22(11-16)27(36)18(15-39-28)12-21-25(30)23(37-2)13-24(38-3)26(21)31/h4-11,13,18,33H,12,14-15H2,1-3H3. The summed E-state index contributed by atoms with van der Waals surface area (Å²) in [6.45, 7) is 0.575. The van der Waals surface area contributed by atoms with Gasteiger partial charge in [0.15, 0.2) is 5.78 Å². The van der Waals surface area contributed by atoms with E-state index in [1.165, 1.54) is 12.1 Å². The zero-order chi connectivity index (χ0) is 27.8. The third kappa shape index (κ3) is 5.15. The minimum atomic E-state index is -0.464. The van der Waals surface area contributed by atoms with E-state index in [-0.39, 0.29) is 18.2 Å². The van der Waals surface area contributed by atoms with Crippen molar-refractivity contribution >= 4 is 37.6 Å². The Hall–Kier alpha value is -3.37. The average Bonchev–Trinajstić information content (AvgIpc) is 3.25. The molecule has 1 aromatic heterocycles. The van der Waals surface area contributed by atoms with Gasteiger partial charge in [-0.2, -0.15) is 0 Å². The number of nitrogens with zero attached hydrogens (tertiary/aromatic N) is 2. The number of nitrogens with one attached hydrogen (secondary N) is 1. The average molecular weight is 659 g/mol. The van der Waals surface area contributed by atoms with E-state index in [1.54, 1.807) is 48.6 Å². The fraction of sp³-hybridized carbons (Fsp3) is 0.241. The molecule has 1 unspecified atom stereocenters. The number of aromatic nitrogens is 2. The highest BCUT2D eigenvalue weighted by atomic mass is 79.9. The largest absolute Gasteiger partial charge is 0.495 e. The first-order valence-corrected chi connectivity index (χ1v) is 13.8. The Morgan fingerprint density at radius 2 is 1.67 bits per heavy atom. The van der Waals surface area contributed by atoms with Gasteiger partial charge in [-0.05, 0) is 79.2 Å². The van der Waals surface area contributed by atoms with E-state index in [9.17, 15) is 9.18 Å². The molecule has 202 valence electrons. The molecule has 5 rings (SSSR count). The molecule has 1 atom stereocenters. The number of Topliss-reactive ketones (excluding diaryl/α,β-unsaturated/α-hetero) is 1. The van der Waals surface area contributed by atoms with Gasteiger partial charge in [-0.25, -0.2) is 4.39 Å². The number of imidazole rings is 1. The summed E-state index contributed by atoms with van der Waals surface area (Å²) in [6, 6.07) is 11.7. The lowest BCUT2D eigenvalue weighted by Crippen LogP contribution is -2.30. The van der Waals surface area contributed by atoms with Gasteiger partial charge < -0.3 is 23.3 Å². The van der Waals surface area contributed by atoms with Crippen molar-refractivity contribution in [3.63, 3.8) is 0 Å². The van der Waals surface area contributed by atoms with E-state index in [0.717, 1.165) is 25.6 Å². The summed E-state index contributed by atoms with van der Waals surface area (Å²) in [5, 5.41) is 8.32. The Morgan fingerprint density at radius 3 is 2.26 bits per heavy atom. The third-order valence-corrected chi connectivity index (χ3v) is 8.65. The second-order valence-electron chi connectivity index (χ2n) is 9.35. The molecule has 10 heteroatoms. The maximum atomic E-state index is 14.0. The second kappa shape index (κ2) is 11.0. The Bertz CT molecular complexity index is 1600. The number of methoxy groups -OCH3 is 2. The normalized spacial score (nSPS) is 14.6. The molecule has 0 amide bonds. The summed E-state index contributed by atoms with van der Waals surface area (Å²) in [7, 11) is 4.96. The number of carbonyl (C=O) groups is 1. The van der Waals surface area contributed by atoms with E-state index >= 15 is 0 Å². The molecule has 1 aliphatic heterocycles. The summed E-state index contributed by atoms with van der Waals surface area (Å²) < 4.78 is 36.0. The minimum Gasteiger partial charge on any atom is -0.495 e. The van der Waals surface area contributed by atoms with Gasteiger partial charge in [0.05, 0.1) is 47.8 Å². The number of ether oxygens (including phenoxy) is 3. The van der Waals surface area contributed by atoms with Gasteiger partial charge in [-0.15, -0.1) is 0 Å². The van der Waals surface area contributed by atoms with Gasteiger partial charge in [0, 0.05) is 31.1 Å². The van der Waals surface area contributed by atoms with Crippen LogP contribution in [0.25, 0.3) is 11.1 Å². The number of ketones is 1. The SMILES string of the molecule is COc1cc(OC)c(Br)c(CC2COc3c(cc(Cn4ccn(C)c4=N)cc3-c3ccc(F)cc3)C2=O)c1Br. The fourth-order valence-corrected chi connectivity index (χ4v) is 6.34. The molecule has 1 N–H and O–H groups in total. The summed E-state index contributed by atoms with van der Waals surface area (Å²) in [4.78, 5) is 14.0. The van der Waals surface area contributed by atoms with Crippen molar-refractivity contribution in [3.8, 4) is 28.4 Å². The Balaban J connectivity index is 1.58. The lowest BCUT2D eigenvalue weighted by molar-refractivity contribution is 0.0830. The number of halogens is 3. The highest BCUT2D eigenvalue weighted by molar-refractivity contribution is 9.11. The van der Waals surface area contributed by atoms with Gasteiger partial charge in [-0.1, -0.05) is 12.1 Å². The quantitative estimate of drug-likeness (QED) is 0.259. The predicted molar refractivity (Wildman–Crippen MR) is 152 cm³/mol. The van der Waals surface area contributed by atoms with Gasteiger partial charge >= 0.3 is 0 Å². The number of carbonyl (C=O) groups excluding carboxylic acids is 1. The Kier molecular flexibility index (Phi) is 7.68. The summed E-state index contributed by atoms with van der Waals surface area (Å²) >= 11 is 7.25. The van der Waals surface area contributed by atoms with Crippen molar-refractivity contribution in [2.24, 2.45) is 13.0 Å². The van der Waals surface area contributed by atoms with Crippen LogP contribution in [-0.2, 0) is 20.0 Å². The van der Waals surface area contributed by atoms with Crippen molar-refractivity contribution in [3.05, 3.63) is 91.9 Å². The molecule has 0 spiro atoms. The van der Waals surface area contributed by atoms with E-state index in [4.69, 9.17) is 19.6 Å². The molecule has 0 aliphatic carbocycles. The zero-order valence-corrected chi connectivity index (χ0v) is 24.7.